The zero-order valence-corrected chi connectivity index (χ0v) is 16.8. The number of aliphatic hydroxyl groups excluding tert-OH is 4. The molecule has 0 aromatic carbocycles. The van der Waals surface area contributed by atoms with Crippen LogP contribution in [0.2, 0.25) is 0 Å². The fraction of sp³-hybridized carbons (Fsp3) is 0.524. The van der Waals surface area contributed by atoms with Crippen LogP contribution in [0.25, 0.3) is 0 Å². The number of esters is 2. The van der Waals surface area contributed by atoms with Crippen molar-refractivity contribution in [3.63, 3.8) is 0 Å². The Balaban J connectivity index is 3.38. The monoisotopic (exact) mass is 410 g/mol. The Labute approximate surface area is 170 Å². The molecule has 0 saturated heterocycles. The molecule has 6 atom stereocenters. The first kappa shape index (κ1) is 24.8. The van der Waals surface area contributed by atoms with Gasteiger partial charge in [-0.1, -0.05) is 32.7 Å². The lowest BCUT2D eigenvalue weighted by Crippen LogP contribution is -2.54. The first-order chi connectivity index (χ1) is 13.5. The topological polar surface area (TPSA) is 134 Å². The molecule has 0 aromatic heterocycles. The number of methoxy groups -OCH3 is 1. The molecular weight excluding hydrogens is 380 g/mol. The summed E-state index contributed by atoms with van der Waals surface area (Å²) in [7, 11) is 1.15. The van der Waals surface area contributed by atoms with E-state index in [9.17, 15) is 24.9 Å². The van der Waals surface area contributed by atoms with Crippen molar-refractivity contribution in [2.75, 3.05) is 20.3 Å². The Morgan fingerprint density at radius 1 is 1.24 bits per heavy atom. The second-order valence-corrected chi connectivity index (χ2v) is 7.41. The second-order valence-electron chi connectivity index (χ2n) is 7.41. The van der Waals surface area contributed by atoms with Crippen LogP contribution in [0.1, 0.15) is 13.3 Å². The molecule has 0 bridgehead atoms. The van der Waals surface area contributed by atoms with Gasteiger partial charge in [0.05, 0.1) is 37.9 Å². The van der Waals surface area contributed by atoms with Gasteiger partial charge in [0, 0.05) is 11.5 Å². The SMILES string of the molecule is C=C[C@]1(C)C[C@H](OC(=O)C(=C)[C@@H](O)CO)[C@@H](C(=C)C(=O)OC)[C@H](O)[C@H]1C(=C)CO. The van der Waals surface area contributed by atoms with Crippen molar-refractivity contribution < 1.29 is 39.5 Å². The van der Waals surface area contributed by atoms with E-state index in [1.54, 1.807) is 13.0 Å². The molecule has 0 unspecified atom stereocenters. The van der Waals surface area contributed by atoms with E-state index < -0.39 is 60.7 Å². The molecule has 1 aliphatic rings. The molecule has 4 N–H and O–H groups in total. The average molecular weight is 410 g/mol. The third kappa shape index (κ3) is 5.02. The van der Waals surface area contributed by atoms with Gasteiger partial charge in [-0.25, -0.2) is 9.59 Å². The molecule has 1 saturated carbocycles. The van der Waals surface area contributed by atoms with Crippen molar-refractivity contribution in [3.05, 3.63) is 49.1 Å². The number of hydrogen-bond donors (Lipinski definition) is 4. The molecule has 1 aliphatic carbocycles. The fourth-order valence-electron chi connectivity index (χ4n) is 3.79. The molecule has 8 heteroatoms. The van der Waals surface area contributed by atoms with Crippen molar-refractivity contribution in [2.45, 2.75) is 31.7 Å². The van der Waals surface area contributed by atoms with Crippen LogP contribution >= 0.6 is 0 Å². The number of carbonyl (C=O) groups excluding carboxylic acids is 2. The van der Waals surface area contributed by atoms with Gasteiger partial charge in [0.2, 0.25) is 0 Å². The van der Waals surface area contributed by atoms with Crippen LogP contribution in [0.5, 0.6) is 0 Å². The van der Waals surface area contributed by atoms with Gasteiger partial charge < -0.3 is 29.9 Å². The molecule has 0 aliphatic heterocycles. The van der Waals surface area contributed by atoms with Gasteiger partial charge in [0.25, 0.3) is 0 Å². The molecule has 8 nitrogen and oxygen atoms in total. The summed E-state index contributed by atoms with van der Waals surface area (Å²) < 4.78 is 10.2. The molecule has 0 spiro atoms. The maximum absolute atomic E-state index is 12.4. The summed E-state index contributed by atoms with van der Waals surface area (Å²) in [6.45, 7) is 15.3. The number of ether oxygens (including phenoxy) is 2. The lowest BCUT2D eigenvalue weighted by Gasteiger charge is -2.50. The van der Waals surface area contributed by atoms with Crippen LogP contribution in [0, 0.1) is 17.3 Å². The third-order valence-corrected chi connectivity index (χ3v) is 5.52. The van der Waals surface area contributed by atoms with Crippen molar-refractivity contribution in [1.82, 2.24) is 0 Å². The van der Waals surface area contributed by atoms with E-state index in [1.165, 1.54) is 0 Å². The molecule has 1 rings (SSSR count). The van der Waals surface area contributed by atoms with E-state index in [4.69, 9.17) is 14.6 Å². The Morgan fingerprint density at radius 3 is 2.28 bits per heavy atom. The van der Waals surface area contributed by atoms with Gasteiger partial charge in [-0.15, -0.1) is 6.58 Å². The van der Waals surface area contributed by atoms with Crippen LogP contribution < -0.4 is 0 Å². The Hall–Kier alpha value is -2.26. The summed E-state index contributed by atoms with van der Waals surface area (Å²) in [5, 5.41) is 39.3. The van der Waals surface area contributed by atoms with Crippen LogP contribution in [0.3, 0.4) is 0 Å². The summed E-state index contributed by atoms with van der Waals surface area (Å²) in [5.41, 5.74) is -0.999. The summed E-state index contributed by atoms with van der Waals surface area (Å²) >= 11 is 0. The predicted molar refractivity (Wildman–Crippen MR) is 105 cm³/mol. The first-order valence-corrected chi connectivity index (χ1v) is 9.05. The lowest BCUT2D eigenvalue weighted by molar-refractivity contribution is -0.162. The molecule has 0 radical (unpaired) electrons. The van der Waals surface area contributed by atoms with E-state index in [2.05, 4.69) is 26.3 Å². The minimum absolute atomic E-state index is 0.117. The van der Waals surface area contributed by atoms with Crippen molar-refractivity contribution in [3.8, 4) is 0 Å². The summed E-state index contributed by atoms with van der Waals surface area (Å²) in [6, 6.07) is 0. The van der Waals surface area contributed by atoms with Gasteiger partial charge in [0.1, 0.15) is 12.2 Å². The minimum atomic E-state index is -1.51. The highest BCUT2D eigenvalue weighted by Gasteiger charge is 2.53. The molecule has 162 valence electrons. The van der Waals surface area contributed by atoms with Crippen molar-refractivity contribution >= 4 is 11.9 Å². The van der Waals surface area contributed by atoms with E-state index >= 15 is 0 Å². The van der Waals surface area contributed by atoms with Crippen molar-refractivity contribution in [1.29, 1.82) is 0 Å². The number of allylic oxidation sites excluding steroid dienone is 1. The number of rotatable bonds is 9. The Bertz CT molecular complexity index is 697. The van der Waals surface area contributed by atoms with Crippen LogP contribution in [0.4, 0.5) is 0 Å². The fourth-order valence-corrected chi connectivity index (χ4v) is 3.79. The van der Waals surface area contributed by atoms with E-state index in [-0.39, 0.29) is 17.6 Å². The van der Waals surface area contributed by atoms with E-state index in [0.717, 1.165) is 7.11 Å². The smallest absolute Gasteiger partial charge is 0.336 e. The highest BCUT2D eigenvalue weighted by molar-refractivity contribution is 5.90. The number of hydrogen-bond acceptors (Lipinski definition) is 8. The molecule has 0 heterocycles. The Morgan fingerprint density at radius 2 is 1.83 bits per heavy atom. The van der Waals surface area contributed by atoms with Gasteiger partial charge >= 0.3 is 11.9 Å². The number of carbonyl (C=O) groups is 2. The van der Waals surface area contributed by atoms with Crippen molar-refractivity contribution in [2.24, 2.45) is 17.3 Å². The third-order valence-electron chi connectivity index (χ3n) is 5.52. The summed E-state index contributed by atoms with van der Waals surface area (Å²) in [5.74, 6) is -3.54. The zero-order valence-electron chi connectivity index (χ0n) is 16.8. The standard InChI is InChI=1S/C21H30O8/c1-7-21(5)8-15(29-20(27)12(3)14(24)10-23)16(13(4)19(26)28-6)18(25)17(21)11(2)9-22/h7,14-18,22-25H,1-4,8-10H2,5-6H3/t14-,15-,16+,17+,18-,21+/m0/s1. The highest BCUT2D eigenvalue weighted by Crippen LogP contribution is 2.50. The molecule has 29 heavy (non-hydrogen) atoms. The number of aliphatic hydroxyl groups is 4. The van der Waals surface area contributed by atoms with E-state index in [0.29, 0.717) is 5.57 Å². The largest absolute Gasteiger partial charge is 0.466 e. The molecule has 0 aromatic rings. The van der Waals surface area contributed by atoms with Gasteiger partial charge in [0.15, 0.2) is 0 Å². The quantitative estimate of drug-likeness (QED) is 0.242. The maximum atomic E-state index is 12.4. The maximum Gasteiger partial charge on any atom is 0.336 e. The highest BCUT2D eigenvalue weighted by atomic mass is 16.5. The van der Waals surface area contributed by atoms with Gasteiger partial charge in [-0.05, 0) is 17.4 Å². The molecule has 0 amide bonds. The molecular formula is C21H30O8. The average Bonchev–Trinajstić information content (AvgIpc) is 2.70. The zero-order chi connectivity index (χ0) is 22.5. The minimum Gasteiger partial charge on any atom is -0.466 e. The summed E-state index contributed by atoms with van der Waals surface area (Å²) in [4.78, 5) is 24.5. The first-order valence-electron chi connectivity index (χ1n) is 9.05. The van der Waals surface area contributed by atoms with Crippen LogP contribution in [-0.2, 0) is 19.1 Å². The second kappa shape index (κ2) is 9.98. The van der Waals surface area contributed by atoms with Crippen LogP contribution in [0.15, 0.2) is 49.1 Å². The summed E-state index contributed by atoms with van der Waals surface area (Å²) in [6.07, 6.45) is -2.17. The Kier molecular flexibility index (Phi) is 8.52. The lowest BCUT2D eigenvalue weighted by atomic mass is 9.58. The predicted octanol–water partition coefficient (Wildman–Crippen LogP) is 0.275. The normalized spacial score (nSPS) is 30.0. The van der Waals surface area contributed by atoms with Gasteiger partial charge in [-0.3, -0.25) is 0 Å². The molecule has 1 fully saturated rings. The van der Waals surface area contributed by atoms with E-state index in [1.807, 2.05) is 0 Å². The van der Waals surface area contributed by atoms with Crippen LogP contribution in [-0.4, -0.2) is 71.0 Å². The van der Waals surface area contributed by atoms with Gasteiger partial charge in [-0.2, -0.15) is 0 Å².